The molecule has 128 valence electrons. The first kappa shape index (κ1) is 15.9. The van der Waals surface area contributed by atoms with Gasteiger partial charge in [0.15, 0.2) is 0 Å². The first-order valence-electron chi connectivity index (χ1n) is 8.23. The molecule has 6 heteroatoms. The van der Waals surface area contributed by atoms with Crippen molar-refractivity contribution in [3.05, 3.63) is 65.4 Å². The predicted molar refractivity (Wildman–Crippen MR) is 96.4 cm³/mol. The van der Waals surface area contributed by atoms with Crippen LogP contribution in [0.1, 0.15) is 28.0 Å². The molecular formula is C19H18N2O3S. The smallest absolute Gasteiger partial charge is 0.268 e. The summed E-state index contributed by atoms with van der Waals surface area (Å²) in [4.78, 5) is 12.7. The van der Waals surface area contributed by atoms with Crippen LogP contribution in [0.4, 0.5) is 0 Å². The summed E-state index contributed by atoms with van der Waals surface area (Å²) in [6.07, 6.45) is 1.24. The summed E-state index contributed by atoms with van der Waals surface area (Å²) < 4.78 is 28.0. The number of carbonyl (C=O) groups excluding carboxylic acids is 1. The molecule has 0 aliphatic carbocycles. The molecule has 5 nitrogen and oxygen atoms in total. The third-order valence-corrected chi connectivity index (χ3v) is 6.35. The Labute approximate surface area is 146 Å². The van der Waals surface area contributed by atoms with Gasteiger partial charge in [-0.15, -0.1) is 0 Å². The second kappa shape index (κ2) is 5.74. The predicted octanol–water partition coefficient (Wildman–Crippen LogP) is 2.86. The van der Waals surface area contributed by atoms with Crippen LogP contribution in [0.3, 0.4) is 0 Å². The quantitative estimate of drug-likeness (QED) is 0.769. The maximum absolute atomic E-state index is 13.3. The van der Waals surface area contributed by atoms with E-state index in [1.54, 1.807) is 42.5 Å². The summed E-state index contributed by atoms with van der Waals surface area (Å²) in [5.74, 6) is -0.207. The molecule has 1 amide bonds. The standard InChI is InChI=1S/C19H18N2O3S/c1-13-8-10-14(11-9-13)25(23,24)21-16-6-3-2-5-15(16)18-17(21)7-4-12-20-19(18)22/h2-3,5-6,8-11H,4,7,12H2,1H3,(H,20,22). The minimum atomic E-state index is -3.78. The third kappa shape index (κ3) is 2.44. The van der Waals surface area contributed by atoms with Gasteiger partial charge in [0, 0.05) is 17.6 Å². The van der Waals surface area contributed by atoms with Gasteiger partial charge in [-0.3, -0.25) is 4.79 Å². The Hall–Kier alpha value is -2.60. The van der Waals surface area contributed by atoms with Crippen LogP contribution in [-0.4, -0.2) is 24.8 Å². The number of aryl methyl sites for hydroxylation is 1. The lowest BCUT2D eigenvalue weighted by Gasteiger charge is -2.12. The first-order chi connectivity index (χ1) is 12.0. The highest BCUT2D eigenvalue weighted by atomic mass is 32.2. The zero-order valence-electron chi connectivity index (χ0n) is 13.8. The maximum atomic E-state index is 13.3. The molecule has 1 aliphatic rings. The molecule has 0 fully saturated rings. The lowest BCUT2D eigenvalue weighted by atomic mass is 10.1. The number of rotatable bonds is 2. The van der Waals surface area contributed by atoms with Crippen LogP contribution in [0.2, 0.25) is 0 Å². The van der Waals surface area contributed by atoms with Crippen LogP contribution in [0, 0.1) is 6.92 Å². The topological polar surface area (TPSA) is 68.2 Å². The van der Waals surface area contributed by atoms with Crippen LogP contribution < -0.4 is 5.32 Å². The number of carbonyl (C=O) groups is 1. The van der Waals surface area contributed by atoms with Gasteiger partial charge in [-0.25, -0.2) is 12.4 Å². The number of amides is 1. The van der Waals surface area contributed by atoms with E-state index < -0.39 is 10.0 Å². The summed E-state index contributed by atoms with van der Waals surface area (Å²) in [7, 11) is -3.78. The normalized spacial score (nSPS) is 14.8. The van der Waals surface area contributed by atoms with E-state index in [-0.39, 0.29) is 10.8 Å². The second-order valence-electron chi connectivity index (χ2n) is 6.28. The van der Waals surface area contributed by atoms with Crippen LogP contribution >= 0.6 is 0 Å². The van der Waals surface area contributed by atoms with Crippen LogP contribution in [-0.2, 0) is 16.4 Å². The molecule has 0 spiro atoms. The largest absolute Gasteiger partial charge is 0.352 e. The van der Waals surface area contributed by atoms with Gasteiger partial charge in [-0.05, 0) is 38.0 Å². The zero-order chi connectivity index (χ0) is 17.6. The van der Waals surface area contributed by atoms with Crippen molar-refractivity contribution in [1.29, 1.82) is 0 Å². The molecule has 0 saturated heterocycles. The number of nitrogens with zero attached hydrogens (tertiary/aromatic N) is 1. The Balaban J connectivity index is 2.06. The summed E-state index contributed by atoms with van der Waals surface area (Å²) in [5, 5.41) is 3.53. The fraction of sp³-hybridized carbons (Fsp3) is 0.211. The number of hydrogen-bond donors (Lipinski definition) is 1. The number of fused-ring (bicyclic) bond motifs is 3. The molecule has 0 saturated carbocycles. The second-order valence-corrected chi connectivity index (χ2v) is 8.07. The maximum Gasteiger partial charge on any atom is 0.268 e. The van der Waals surface area contributed by atoms with Gasteiger partial charge in [-0.1, -0.05) is 35.9 Å². The highest BCUT2D eigenvalue weighted by Gasteiger charge is 2.30. The monoisotopic (exact) mass is 354 g/mol. The van der Waals surface area contributed by atoms with E-state index in [0.717, 1.165) is 5.56 Å². The Morgan fingerprint density at radius 1 is 1.04 bits per heavy atom. The van der Waals surface area contributed by atoms with Crippen molar-refractivity contribution in [2.45, 2.75) is 24.7 Å². The Kier molecular flexibility index (Phi) is 3.65. The molecule has 1 N–H and O–H groups in total. The van der Waals surface area contributed by atoms with Gasteiger partial charge >= 0.3 is 0 Å². The third-order valence-electron chi connectivity index (χ3n) is 4.59. The van der Waals surface area contributed by atoms with Crippen LogP contribution in [0.5, 0.6) is 0 Å². The Morgan fingerprint density at radius 2 is 1.76 bits per heavy atom. The summed E-state index contributed by atoms with van der Waals surface area (Å²) in [6, 6.07) is 14.0. The van der Waals surface area contributed by atoms with Crippen molar-refractivity contribution in [1.82, 2.24) is 9.29 Å². The van der Waals surface area contributed by atoms with Crippen molar-refractivity contribution >= 4 is 26.8 Å². The van der Waals surface area contributed by atoms with Crippen molar-refractivity contribution in [2.24, 2.45) is 0 Å². The number of benzene rings is 2. The molecule has 3 aromatic rings. The van der Waals surface area contributed by atoms with Crippen LogP contribution in [0.25, 0.3) is 10.9 Å². The Morgan fingerprint density at radius 3 is 2.52 bits per heavy atom. The summed E-state index contributed by atoms with van der Waals surface area (Å²) in [6.45, 7) is 2.46. The average molecular weight is 354 g/mol. The highest BCUT2D eigenvalue weighted by Crippen LogP contribution is 2.32. The number of aromatic nitrogens is 1. The number of para-hydroxylation sites is 1. The highest BCUT2D eigenvalue weighted by molar-refractivity contribution is 7.90. The Bertz CT molecular complexity index is 1080. The van der Waals surface area contributed by atoms with Gasteiger partial charge in [-0.2, -0.15) is 0 Å². The molecule has 25 heavy (non-hydrogen) atoms. The van der Waals surface area contributed by atoms with E-state index in [1.807, 2.05) is 13.0 Å². The van der Waals surface area contributed by atoms with Gasteiger partial charge in [0.25, 0.3) is 15.9 Å². The molecular weight excluding hydrogens is 336 g/mol. The fourth-order valence-electron chi connectivity index (χ4n) is 3.38. The van der Waals surface area contributed by atoms with E-state index in [9.17, 15) is 13.2 Å². The zero-order valence-corrected chi connectivity index (χ0v) is 14.6. The minimum Gasteiger partial charge on any atom is -0.352 e. The number of hydrogen-bond acceptors (Lipinski definition) is 3. The molecule has 1 aliphatic heterocycles. The molecule has 4 rings (SSSR count). The lowest BCUT2D eigenvalue weighted by Crippen LogP contribution is -2.22. The molecule has 2 heterocycles. The van der Waals surface area contributed by atoms with E-state index in [0.29, 0.717) is 41.5 Å². The SMILES string of the molecule is Cc1ccc(S(=O)(=O)n2c3c(c4ccccc42)C(=O)NCCC3)cc1. The van der Waals surface area contributed by atoms with Crippen molar-refractivity contribution in [3.8, 4) is 0 Å². The van der Waals surface area contributed by atoms with Crippen molar-refractivity contribution in [3.63, 3.8) is 0 Å². The minimum absolute atomic E-state index is 0.207. The van der Waals surface area contributed by atoms with Gasteiger partial charge in [0.2, 0.25) is 0 Å². The van der Waals surface area contributed by atoms with E-state index >= 15 is 0 Å². The molecule has 2 aromatic carbocycles. The van der Waals surface area contributed by atoms with Gasteiger partial charge < -0.3 is 5.32 Å². The van der Waals surface area contributed by atoms with Crippen molar-refractivity contribution in [2.75, 3.05) is 6.54 Å². The van der Waals surface area contributed by atoms with E-state index in [2.05, 4.69) is 5.32 Å². The number of nitrogens with one attached hydrogen (secondary N) is 1. The first-order valence-corrected chi connectivity index (χ1v) is 9.67. The molecule has 0 atom stereocenters. The summed E-state index contributed by atoms with van der Waals surface area (Å²) in [5.41, 5.74) is 2.58. The van der Waals surface area contributed by atoms with Gasteiger partial charge in [0.1, 0.15) is 0 Å². The van der Waals surface area contributed by atoms with E-state index in [1.165, 1.54) is 3.97 Å². The van der Waals surface area contributed by atoms with E-state index in [4.69, 9.17) is 0 Å². The van der Waals surface area contributed by atoms with Gasteiger partial charge in [0.05, 0.1) is 16.0 Å². The van der Waals surface area contributed by atoms with Crippen LogP contribution in [0.15, 0.2) is 53.4 Å². The molecule has 0 unspecified atom stereocenters. The fourth-order valence-corrected chi connectivity index (χ4v) is 4.96. The summed E-state index contributed by atoms with van der Waals surface area (Å²) >= 11 is 0. The lowest BCUT2D eigenvalue weighted by molar-refractivity contribution is 0.0957. The average Bonchev–Trinajstić information content (AvgIpc) is 2.82. The molecule has 1 aromatic heterocycles. The van der Waals surface area contributed by atoms with Crippen molar-refractivity contribution < 1.29 is 13.2 Å². The molecule has 0 bridgehead atoms. The molecule has 0 radical (unpaired) electrons.